The summed E-state index contributed by atoms with van der Waals surface area (Å²) in [6, 6.07) is 5.39. The van der Waals surface area contributed by atoms with Crippen molar-refractivity contribution in [3.8, 4) is 0 Å². The number of hydrogen-bond donors (Lipinski definition) is 0. The van der Waals surface area contributed by atoms with Gasteiger partial charge in [0.05, 0.1) is 22.7 Å². The summed E-state index contributed by atoms with van der Waals surface area (Å²) in [5.41, 5.74) is 0.180. The number of esters is 1. The van der Waals surface area contributed by atoms with Crippen molar-refractivity contribution in [3.63, 3.8) is 0 Å². The fraction of sp³-hybridized carbons (Fsp3) is 0.529. The van der Waals surface area contributed by atoms with E-state index in [2.05, 4.69) is 0 Å². The highest BCUT2D eigenvalue weighted by atomic mass is 32.2. The molecule has 8 nitrogen and oxygen atoms in total. The third-order valence-electron chi connectivity index (χ3n) is 3.97. The third kappa shape index (κ3) is 4.80. The molecule has 1 aromatic rings. The summed E-state index contributed by atoms with van der Waals surface area (Å²) in [6.07, 6.45) is -0.130. The maximum atomic E-state index is 12.2. The molecule has 2 rings (SSSR count). The van der Waals surface area contributed by atoms with Crippen LogP contribution in [0.5, 0.6) is 0 Å². The van der Waals surface area contributed by atoms with Gasteiger partial charge in [0.25, 0.3) is 5.91 Å². The van der Waals surface area contributed by atoms with Gasteiger partial charge in [-0.2, -0.15) is 0 Å². The number of morpholine rings is 1. The summed E-state index contributed by atoms with van der Waals surface area (Å²) < 4.78 is 35.7. The van der Waals surface area contributed by atoms with E-state index in [4.69, 9.17) is 9.47 Å². The van der Waals surface area contributed by atoms with E-state index in [9.17, 15) is 18.0 Å². The van der Waals surface area contributed by atoms with Crippen LogP contribution in [-0.4, -0.2) is 75.5 Å². The number of amides is 1. The van der Waals surface area contributed by atoms with Gasteiger partial charge in [-0.15, -0.1) is 0 Å². The van der Waals surface area contributed by atoms with Crippen LogP contribution in [0, 0.1) is 0 Å². The van der Waals surface area contributed by atoms with Crippen LogP contribution in [0.15, 0.2) is 29.2 Å². The van der Waals surface area contributed by atoms with Gasteiger partial charge in [0, 0.05) is 27.2 Å². The lowest BCUT2D eigenvalue weighted by atomic mass is 10.2. The Morgan fingerprint density at radius 2 is 1.69 bits per heavy atom. The molecule has 0 unspecified atom stereocenters. The zero-order chi connectivity index (χ0) is 19.5. The SMILES string of the molecule is C[C@@H]1CN(C(=O)COC(=O)c2ccc(S(=O)(=O)N(C)C)cc2)C[C@@H](C)O1. The van der Waals surface area contributed by atoms with E-state index in [0.717, 1.165) is 4.31 Å². The summed E-state index contributed by atoms with van der Waals surface area (Å²) in [5.74, 6) is -0.964. The van der Waals surface area contributed by atoms with Crippen LogP contribution in [0.4, 0.5) is 0 Å². The Balaban J connectivity index is 1.95. The first-order valence-electron chi connectivity index (χ1n) is 8.24. The molecular formula is C17H24N2O6S. The molecule has 0 spiro atoms. The quantitative estimate of drug-likeness (QED) is 0.695. The van der Waals surface area contributed by atoms with Crippen LogP contribution in [0.1, 0.15) is 24.2 Å². The Labute approximate surface area is 153 Å². The van der Waals surface area contributed by atoms with Gasteiger partial charge in [0.15, 0.2) is 6.61 Å². The van der Waals surface area contributed by atoms with Crippen molar-refractivity contribution in [2.75, 3.05) is 33.8 Å². The Bertz CT molecular complexity index is 750. The highest BCUT2D eigenvalue weighted by molar-refractivity contribution is 7.89. The van der Waals surface area contributed by atoms with Crippen LogP contribution in [0.2, 0.25) is 0 Å². The highest BCUT2D eigenvalue weighted by Gasteiger charge is 2.26. The molecule has 9 heteroatoms. The molecule has 1 aliphatic rings. The van der Waals surface area contributed by atoms with Crippen LogP contribution in [0.3, 0.4) is 0 Å². The van der Waals surface area contributed by atoms with E-state index in [1.54, 1.807) is 4.90 Å². The Kier molecular flexibility index (Phi) is 6.38. The summed E-state index contributed by atoms with van der Waals surface area (Å²) >= 11 is 0. The lowest BCUT2D eigenvalue weighted by Crippen LogP contribution is -2.49. The average molecular weight is 384 g/mol. The van der Waals surface area contributed by atoms with Gasteiger partial charge in [-0.05, 0) is 38.1 Å². The predicted octanol–water partition coefficient (Wildman–Crippen LogP) is 0.730. The van der Waals surface area contributed by atoms with Crippen molar-refractivity contribution in [1.82, 2.24) is 9.21 Å². The minimum atomic E-state index is -3.56. The number of carbonyl (C=O) groups is 2. The summed E-state index contributed by atoms with van der Waals surface area (Å²) in [4.78, 5) is 26.0. The van der Waals surface area contributed by atoms with Crippen LogP contribution in [-0.2, 0) is 24.3 Å². The second-order valence-corrected chi connectivity index (χ2v) is 8.60. The number of ether oxygens (including phenoxy) is 2. The van der Waals surface area contributed by atoms with E-state index in [1.807, 2.05) is 13.8 Å². The largest absolute Gasteiger partial charge is 0.452 e. The van der Waals surface area contributed by atoms with Gasteiger partial charge in [0.1, 0.15) is 0 Å². The molecule has 1 fully saturated rings. The van der Waals surface area contributed by atoms with Crippen molar-refractivity contribution in [1.29, 1.82) is 0 Å². The third-order valence-corrected chi connectivity index (χ3v) is 5.80. The Morgan fingerprint density at radius 1 is 1.15 bits per heavy atom. The van der Waals surface area contributed by atoms with Gasteiger partial charge in [-0.1, -0.05) is 0 Å². The van der Waals surface area contributed by atoms with Crippen molar-refractivity contribution >= 4 is 21.9 Å². The molecule has 0 aromatic heterocycles. The van der Waals surface area contributed by atoms with Crippen LogP contribution < -0.4 is 0 Å². The second-order valence-electron chi connectivity index (χ2n) is 6.44. The molecule has 0 N–H and O–H groups in total. The summed E-state index contributed by atoms with van der Waals surface area (Å²) in [5, 5.41) is 0. The van der Waals surface area contributed by atoms with Gasteiger partial charge >= 0.3 is 5.97 Å². The molecule has 0 saturated carbocycles. The predicted molar refractivity (Wildman–Crippen MR) is 94.2 cm³/mol. The summed E-state index contributed by atoms with van der Waals surface area (Å²) in [7, 11) is -0.707. The standard InChI is InChI=1S/C17H24N2O6S/c1-12-9-19(10-13(2)25-12)16(20)11-24-17(21)14-5-7-15(8-6-14)26(22,23)18(3)4/h5-8,12-13H,9-11H2,1-4H3/t12-,13-/m1/s1. The van der Waals surface area contributed by atoms with E-state index in [-0.39, 0.29) is 35.2 Å². The van der Waals surface area contributed by atoms with E-state index in [0.29, 0.717) is 13.1 Å². The lowest BCUT2D eigenvalue weighted by Gasteiger charge is -2.35. The maximum Gasteiger partial charge on any atom is 0.338 e. The molecule has 1 saturated heterocycles. The minimum absolute atomic E-state index is 0.0652. The molecule has 144 valence electrons. The van der Waals surface area contributed by atoms with Crippen LogP contribution >= 0.6 is 0 Å². The van der Waals surface area contributed by atoms with Crippen LogP contribution in [0.25, 0.3) is 0 Å². The van der Waals surface area contributed by atoms with E-state index >= 15 is 0 Å². The highest BCUT2D eigenvalue weighted by Crippen LogP contribution is 2.15. The smallest absolute Gasteiger partial charge is 0.338 e. The van der Waals surface area contributed by atoms with Crippen molar-refractivity contribution in [2.24, 2.45) is 0 Å². The topological polar surface area (TPSA) is 93.2 Å². The first-order chi connectivity index (χ1) is 12.1. The van der Waals surface area contributed by atoms with E-state index in [1.165, 1.54) is 38.4 Å². The zero-order valence-corrected chi connectivity index (χ0v) is 16.2. The van der Waals surface area contributed by atoms with Gasteiger partial charge in [0.2, 0.25) is 10.0 Å². The van der Waals surface area contributed by atoms with E-state index < -0.39 is 16.0 Å². The average Bonchev–Trinajstić information content (AvgIpc) is 2.58. The molecule has 26 heavy (non-hydrogen) atoms. The van der Waals surface area contributed by atoms with Crippen molar-refractivity contribution in [3.05, 3.63) is 29.8 Å². The van der Waals surface area contributed by atoms with Gasteiger partial charge < -0.3 is 14.4 Å². The number of sulfonamides is 1. The molecule has 2 atom stereocenters. The number of hydrogen-bond acceptors (Lipinski definition) is 6. The Morgan fingerprint density at radius 3 is 2.19 bits per heavy atom. The molecule has 0 aliphatic carbocycles. The van der Waals surface area contributed by atoms with Crippen molar-refractivity contribution in [2.45, 2.75) is 31.0 Å². The fourth-order valence-corrected chi connectivity index (χ4v) is 3.56. The van der Waals surface area contributed by atoms with Crippen molar-refractivity contribution < 1.29 is 27.5 Å². The molecule has 0 bridgehead atoms. The molecule has 1 aromatic carbocycles. The molecular weight excluding hydrogens is 360 g/mol. The molecule has 1 amide bonds. The Hall–Kier alpha value is -1.97. The monoisotopic (exact) mass is 384 g/mol. The first kappa shape index (κ1) is 20.3. The maximum absolute atomic E-state index is 12.2. The first-order valence-corrected chi connectivity index (χ1v) is 9.68. The molecule has 0 radical (unpaired) electrons. The number of nitrogens with zero attached hydrogens (tertiary/aromatic N) is 2. The van der Waals surface area contributed by atoms with Gasteiger partial charge in [-0.25, -0.2) is 17.5 Å². The summed E-state index contributed by atoms with van der Waals surface area (Å²) in [6.45, 7) is 4.31. The normalized spacial score (nSPS) is 20.9. The number of carbonyl (C=O) groups excluding carboxylic acids is 2. The number of rotatable bonds is 5. The zero-order valence-electron chi connectivity index (χ0n) is 15.3. The number of benzene rings is 1. The molecule has 1 aliphatic heterocycles. The fourth-order valence-electron chi connectivity index (χ4n) is 2.66. The minimum Gasteiger partial charge on any atom is -0.452 e. The van der Waals surface area contributed by atoms with Gasteiger partial charge in [-0.3, -0.25) is 4.79 Å². The molecule has 1 heterocycles. The lowest BCUT2D eigenvalue weighted by molar-refractivity contribution is -0.146. The second kappa shape index (κ2) is 8.15.